The Hall–Kier alpha value is -2.70. The van der Waals surface area contributed by atoms with Crippen LogP contribution in [0, 0.1) is 0 Å². The summed E-state index contributed by atoms with van der Waals surface area (Å²) in [7, 11) is 3.03. The maximum absolute atomic E-state index is 12.1. The molecular formula is C18H16Cl2N2O4. The third-order valence-corrected chi connectivity index (χ3v) is 3.88. The molecule has 2 amide bonds. The van der Waals surface area contributed by atoms with Crippen LogP contribution in [0.1, 0.15) is 15.9 Å². The molecule has 0 heterocycles. The fourth-order valence-corrected chi connectivity index (χ4v) is 2.48. The van der Waals surface area contributed by atoms with Crippen LogP contribution in [-0.2, 0) is 4.79 Å². The van der Waals surface area contributed by atoms with Gasteiger partial charge in [0.15, 0.2) is 11.5 Å². The van der Waals surface area contributed by atoms with Gasteiger partial charge in [-0.25, -0.2) is 0 Å². The first-order valence-electron chi connectivity index (χ1n) is 7.40. The van der Waals surface area contributed by atoms with Crippen molar-refractivity contribution in [2.45, 2.75) is 0 Å². The molecule has 0 aromatic heterocycles. The van der Waals surface area contributed by atoms with E-state index < -0.39 is 11.8 Å². The molecule has 0 aliphatic rings. The summed E-state index contributed by atoms with van der Waals surface area (Å²) >= 11 is 11.8. The molecule has 2 rings (SSSR count). The number of benzene rings is 2. The van der Waals surface area contributed by atoms with Gasteiger partial charge in [0.25, 0.3) is 11.8 Å². The smallest absolute Gasteiger partial charge is 0.271 e. The molecule has 0 spiro atoms. The zero-order valence-electron chi connectivity index (χ0n) is 14.0. The largest absolute Gasteiger partial charge is 0.493 e. The fourth-order valence-electron chi connectivity index (χ4n) is 2.11. The summed E-state index contributed by atoms with van der Waals surface area (Å²) < 4.78 is 10.5. The van der Waals surface area contributed by atoms with E-state index in [-0.39, 0.29) is 10.6 Å². The lowest BCUT2D eigenvalue weighted by atomic mass is 10.1. The van der Waals surface area contributed by atoms with Gasteiger partial charge in [-0.05, 0) is 30.3 Å². The summed E-state index contributed by atoms with van der Waals surface area (Å²) in [6.07, 6.45) is 2.78. The van der Waals surface area contributed by atoms with Crippen molar-refractivity contribution in [2.24, 2.45) is 0 Å². The van der Waals surface area contributed by atoms with E-state index in [1.165, 1.54) is 38.5 Å². The Kier molecular flexibility index (Phi) is 6.89. The highest BCUT2D eigenvalue weighted by Gasteiger charge is 2.11. The first-order chi connectivity index (χ1) is 12.5. The lowest BCUT2D eigenvalue weighted by Gasteiger charge is -2.10. The zero-order chi connectivity index (χ0) is 19.1. The Labute approximate surface area is 160 Å². The average Bonchev–Trinajstić information content (AvgIpc) is 2.65. The molecule has 2 aromatic carbocycles. The van der Waals surface area contributed by atoms with Gasteiger partial charge in [-0.2, -0.15) is 0 Å². The van der Waals surface area contributed by atoms with Crippen LogP contribution >= 0.6 is 23.2 Å². The van der Waals surface area contributed by atoms with Crippen LogP contribution in [0.25, 0.3) is 6.08 Å². The third-order valence-electron chi connectivity index (χ3n) is 3.32. The molecule has 0 bridgehead atoms. The van der Waals surface area contributed by atoms with Crippen molar-refractivity contribution < 1.29 is 19.1 Å². The lowest BCUT2D eigenvalue weighted by molar-refractivity contribution is -0.117. The van der Waals surface area contributed by atoms with Gasteiger partial charge in [-0.1, -0.05) is 35.3 Å². The van der Waals surface area contributed by atoms with E-state index >= 15 is 0 Å². The standard InChI is InChI=1S/C18H16Cl2N2O4/c1-25-15-5-3-4-11(17(15)26-2)6-9-16(23)21-22-18(24)13-10-12(19)7-8-14(13)20/h3-10H,1-2H3,(H,21,23)(H,22,24)/b9-6+. The second-order valence-electron chi connectivity index (χ2n) is 4.98. The van der Waals surface area contributed by atoms with E-state index in [0.29, 0.717) is 22.1 Å². The Morgan fingerprint density at radius 3 is 2.50 bits per heavy atom. The molecule has 0 fully saturated rings. The van der Waals surface area contributed by atoms with Gasteiger partial charge < -0.3 is 9.47 Å². The van der Waals surface area contributed by atoms with Gasteiger partial charge in [0.2, 0.25) is 0 Å². The number of nitrogens with one attached hydrogen (secondary N) is 2. The van der Waals surface area contributed by atoms with Crippen molar-refractivity contribution in [2.75, 3.05) is 14.2 Å². The maximum atomic E-state index is 12.1. The number of amides is 2. The molecule has 2 aromatic rings. The van der Waals surface area contributed by atoms with Crippen LogP contribution < -0.4 is 20.3 Å². The Bertz CT molecular complexity index is 853. The Morgan fingerprint density at radius 1 is 1.04 bits per heavy atom. The van der Waals surface area contributed by atoms with Crippen molar-refractivity contribution in [1.82, 2.24) is 10.9 Å². The van der Waals surface area contributed by atoms with Crippen molar-refractivity contribution in [3.05, 3.63) is 63.6 Å². The molecule has 0 aliphatic heterocycles. The molecule has 136 valence electrons. The number of rotatable bonds is 5. The van der Waals surface area contributed by atoms with Crippen LogP contribution in [0.2, 0.25) is 10.0 Å². The SMILES string of the molecule is COc1cccc(/C=C/C(=O)NNC(=O)c2cc(Cl)ccc2Cl)c1OC. The molecule has 6 nitrogen and oxygen atoms in total. The van der Waals surface area contributed by atoms with Gasteiger partial charge in [-0.15, -0.1) is 0 Å². The summed E-state index contributed by atoms with van der Waals surface area (Å²) in [5.41, 5.74) is 5.33. The van der Waals surface area contributed by atoms with Crippen molar-refractivity contribution in [1.29, 1.82) is 0 Å². The van der Waals surface area contributed by atoms with Crippen LogP contribution in [0.15, 0.2) is 42.5 Å². The highest BCUT2D eigenvalue weighted by atomic mass is 35.5. The molecule has 0 radical (unpaired) electrons. The van der Waals surface area contributed by atoms with Gasteiger partial charge in [0.05, 0.1) is 24.8 Å². The van der Waals surface area contributed by atoms with Gasteiger partial charge >= 0.3 is 0 Å². The van der Waals surface area contributed by atoms with Crippen molar-refractivity contribution in [3.8, 4) is 11.5 Å². The highest BCUT2D eigenvalue weighted by Crippen LogP contribution is 2.31. The molecule has 0 saturated carbocycles. The van der Waals surface area contributed by atoms with Gasteiger partial charge in [-0.3, -0.25) is 20.4 Å². The van der Waals surface area contributed by atoms with Crippen LogP contribution in [0.4, 0.5) is 0 Å². The van der Waals surface area contributed by atoms with Crippen molar-refractivity contribution in [3.63, 3.8) is 0 Å². The fraction of sp³-hybridized carbons (Fsp3) is 0.111. The average molecular weight is 395 g/mol. The minimum Gasteiger partial charge on any atom is -0.493 e. The van der Waals surface area contributed by atoms with E-state index in [4.69, 9.17) is 32.7 Å². The van der Waals surface area contributed by atoms with Gasteiger partial charge in [0, 0.05) is 16.7 Å². The monoisotopic (exact) mass is 394 g/mol. The molecule has 0 unspecified atom stereocenters. The number of carbonyl (C=O) groups excluding carboxylic acids is 2. The highest BCUT2D eigenvalue weighted by molar-refractivity contribution is 6.35. The predicted molar refractivity (Wildman–Crippen MR) is 101 cm³/mol. The molecular weight excluding hydrogens is 379 g/mol. The number of ether oxygens (including phenoxy) is 2. The van der Waals surface area contributed by atoms with Crippen LogP contribution in [0.5, 0.6) is 11.5 Å². The minimum atomic E-state index is -0.585. The lowest BCUT2D eigenvalue weighted by Crippen LogP contribution is -2.40. The predicted octanol–water partition coefficient (Wildman–Crippen LogP) is 3.49. The van der Waals surface area contributed by atoms with Gasteiger partial charge in [0.1, 0.15) is 0 Å². The second kappa shape index (κ2) is 9.12. The zero-order valence-corrected chi connectivity index (χ0v) is 15.5. The third kappa shape index (κ3) is 4.91. The number of methoxy groups -OCH3 is 2. The Balaban J connectivity index is 2.02. The first kappa shape index (κ1) is 19.6. The minimum absolute atomic E-state index is 0.151. The number of para-hydroxylation sites is 1. The van der Waals surface area contributed by atoms with Crippen molar-refractivity contribution >= 4 is 41.1 Å². The normalized spacial score (nSPS) is 10.5. The summed E-state index contributed by atoms with van der Waals surface area (Å²) in [5.74, 6) is -0.0904. The van der Waals surface area contributed by atoms with E-state index in [2.05, 4.69) is 10.9 Å². The number of carbonyl (C=O) groups is 2. The summed E-state index contributed by atoms with van der Waals surface area (Å²) in [4.78, 5) is 24.0. The van der Waals surface area contributed by atoms with Crippen LogP contribution in [-0.4, -0.2) is 26.0 Å². The summed E-state index contributed by atoms with van der Waals surface area (Å²) in [6.45, 7) is 0. The van der Waals surface area contributed by atoms with E-state index in [9.17, 15) is 9.59 Å². The molecule has 26 heavy (non-hydrogen) atoms. The first-order valence-corrected chi connectivity index (χ1v) is 8.16. The second-order valence-corrected chi connectivity index (χ2v) is 5.83. The molecule has 0 aliphatic carbocycles. The number of hydrogen-bond acceptors (Lipinski definition) is 4. The molecule has 0 atom stereocenters. The Morgan fingerprint density at radius 2 is 1.81 bits per heavy atom. The molecule has 2 N–H and O–H groups in total. The number of halogens is 2. The molecule has 0 saturated heterocycles. The summed E-state index contributed by atoms with van der Waals surface area (Å²) in [5, 5.41) is 0.578. The number of hydrogen-bond donors (Lipinski definition) is 2. The topological polar surface area (TPSA) is 76.7 Å². The van der Waals surface area contributed by atoms with Crippen LogP contribution in [0.3, 0.4) is 0 Å². The maximum Gasteiger partial charge on any atom is 0.271 e. The van der Waals surface area contributed by atoms with E-state index in [1.54, 1.807) is 24.3 Å². The number of hydrazine groups is 1. The summed E-state index contributed by atoms with van der Waals surface area (Å²) in [6, 6.07) is 9.73. The molecule has 8 heteroatoms. The van der Waals surface area contributed by atoms with E-state index in [0.717, 1.165) is 0 Å². The van der Waals surface area contributed by atoms with E-state index in [1.807, 2.05) is 0 Å². The quantitative estimate of drug-likeness (QED) is 0.600.